The highest BCUT2D eigenvalue weighted by Crippen LogP contribution is 2.26. The van der Waals surface area contributed by atoms with Crippen LogP contribution in [0.15, 0.2) is 46.3 Å². The molecule has 2 heterocycles. The molecule has 7 nitrogen and oxygen atoms in total. The highest BCUT2D eigenvalue weighted by Gasteiger charge is 2.33. The summed E-state index contributed by atoms with van der Waals surface area (Å²) in [6.07, 6.45) is -2.44. The number of likely N-dealkylation sites (tertiary alicyclic amines) is 1. The fraction of sp³-hybridized carbons (Fsp3) is 0.368. The molecule has 2 aromatic rings. The number of halogens is 5. The quantitative estimate of drug-likeness (QED) is 0.370. The van der Waals surface area contributed by atoms with E-state index in [1.54, 1.807) is 11.8 Å². The third-order valence-electron chi connectivity index (χ3n) is 4.63. The maximum absolute atomic E-state index is 13.4. The molecule has 0 spiro atoms. The largest absolute Gasteiger partial charge is 0.457 e. The van der Waals surface area contributed by atoms with Crippen molar-refractivity contribution in [3.8, 4) is 5.69 Å². The summed E-state index contributed by atoms with van der Waals surface area (Å²) in [6, 6.07) is 3.14. The molecule has 0 unspecified atom stereocenters. The predicted molar refractivity (Wildman–Crippen MR) is 103 cm³/mol. The van der Waals surface area contributed by atoms with Crippen LogP contribution < -0.4 is 0 Å². The molecule has 3 rings (SSSR count). The van der Waals surface area contributed by atoms with Gasteiger partial charge in [0.25, 0.3) is 6.43 Å². The Morgan fingerprint density at radius 2 is 2.06 bits per heavy atom. The van der Waals surface area contributed by atoms with Crippen LogP contribution in [0.4, 0.5) is 22.0 Å². The van der Waals surface area contributed by atoms with Crippen LogP contribution in [0.5, 0.6) is 0 Å². The van der Waals surface area contributed by atoms with E-state index in [1.807, 2.05) is 0 Å². The summed E-state index contributed by atoms with van der Waals surface area (Å²) in [4.78, 5) is 9.42. The molecular formula is C19H19F5N6O. The van der Waals surface area contributed by atoms with Crippen LogP contribution in [0.3, 0.4) is 0 Å². The minimum Gasteiger partial charge on any atom is -0.457 e. The lowest BCUT2D eigenvalue weighted by Gasteiger charge is -2.40. The summed E-state index contributed by atoms with van der Waals surface area (Å²) in [5.74, 6) is -1.65. The van der Waals surface area contributed by atoms with Crippen LogP contribution in [-0.4, -0.2) is 52.1 Å². The Morgan fingerprint density at radius 3 is 2.71 bits per heavy atom. The molecule has 1 aliphatic rings. The zero-order valence-corrected chi connectivity index (χ0v) is 16.4. The number of amidine groups is 1. The van der Waals surface area contributed by atoms with Gasteiger partial charge in [0.1, 0.15) is 18.1 Å². The van der Waals surface area contributed by atoms with Crippen LogP contribution in [0.1, 0.15) is 24.6 Å². The van der Waals surface area contributed by atoms with Gasteiger partial charge in [-0.3, -0.25) is 0 Å². The lowest BCUT2D eigenvalue weighted by Crippen LogP contribution is -2.48. The molecular weight excluding hydrogens is 423 g/mol. The molecule has 0 radical (unpaired) electrons. The van der Waals surface area contributed by atoms with Crippen molar-refractivity contribution in [3.63, 3.8) is 0 Å². The molecule has 0 amide bonds. The second-order valence-electron chi connectivity index (χ2n) is 6.79. The number of aliphatic imine (C=N–C) groups is 2. The molecule has 0 saturated carbocycles. The van der Waals surface area contributed by atoms with Crippen LogP contribution in [0.2, 0.25) is 0 Å². The van der Waals surface area contributed by atoms with E-state index in [0.717, 1.165) is 12.1 Å². The third kappa shape index (κ3) is 5.44. The first-order chi connectivity index (χ1) is 14.8. The first-order valence-electron chi connectivity index (χ1n) is 9.15. The molecule has 0 N–H and O–H groups in total. The van der Waals surface area contributed by atoms with E-state index in [9.17, 15) is 22.0 Å². The van der Waals surface area contributed by atoms with E-state index < -0.39 is 30.1 Å². The smallest absolute Gasteiger partial charge is 0.316 e. The van der Waals surface area contributed by atoms with Crippen LogP contribution in [-0.2, 0) is 11.3 Å². The minimum atomic E-state index is -2.96. The third-order valence-corrected chi connectivity index (χ3v) is 4.63. The van der Waals surface area contributed by atoms with Gasteiger partial charge in [-0.1, -0.05) is 5.21 Å². The fourth-order valence-corrected chi connectivity index (χ4v) is 2.78. The number of nitrogens with zero attached hydrogens (tertiary/aromatic N) is 6. The van der Waals surface area contributed by atoms with Crippen molar-refractivity contribution in [2.45, 2.75) is 26.4 Å². The second kappa shape index (κ2) is 9.67. The number of hydrogen-bond donors (Lipinski definition) is 0. The number of ether oxygens (including phenoxy) is 1. The molecule has 31 heavy (non-hydrogen) atoms. The standard InChI is InChI=1S/C19H19F5N6O/c1-11(29-7-12(8-29)17(21)22)6-26-19(25-2)31-10-13-9-30(28-27-13)14-3-4-16(20)15(5-14)18(23)24/h3-6,9,12,17-18H,2,7-8,10H2,1H3/b11-6+,26-19+. The van der Waals surface area contributed by atoms with E-state index in [1.165, 1.54) is 23.1 Å². The van der Waals surface area contributed by atoms with Gasteiger partial charge in [-0.05, 0) is 31.8 Å². The van der Waals surface area contributed by atoms with Crippen LogP contribution >= 0.6 is 0 Å². The first-order valence-corrected chi connectivity index (χ1v) is 9.15. The Bertz CT molecular complexity index is 984. The van der Waals surface area contributed by atoms with E-state index >= 15 is 0 Å². The average molecular weight is 442 g/mol. The van der Waals surface area contributed by atoms with Crippen molar-refractivity contribution in [1.29, 1.82) is 0 Å². The van der Waals surface area contributed by atoms with Crippen LogP contribution in [0.25, 0.3) is 5.69 Å². The fourth-order valence-electron chi connectivity index (χ4n) is 2.78. The van der Waals surface area contributed by atoms with E-state index in [2.05, 4.69) is 27.0 Å². The molecule has 0 bridgehead atoms. The Balaban J connectivity index is 1.60. The summed E-state index contributed by atoms with van der Waals surface area (Å²) in [7, 11) is 0. The number of allylic oxidation sites excluding steroid dienone is 1. The lowest BCUT2D eigenvalue weighted by atomic mass is 10.0. The van der Waals surface area contributed by atoms with Gasteiger partial charge in [-0.15, -0.1) is 5.10 Å². The Kier molecular flexibility index (Phi) is 6.98. The van der Waals surface area contributed by atoms with E-state index in [4.69, 9.17) is 4.74 Å². The van der Waals surface area contributed by atoms with Gasteiger partial charge in [-0.25, -0.2) is 36.6 Å². The maximum atomic E-state index is 13.4. The normalized spacial score (nSPS) is 15.5. The van der Waals surface area contributed by atoms with Crippen molar-refractivity contribution in [3.05, 3.63) is 53.4 Å². The molecule has 1 fully saturated rings. The zero-order valence-electron chi connectivity index (χ0n) is 16.4. The molecule has 0 aliphatic carbocycles. The molecule has 1 aliphatic heterocycles. The summed E-state index contributed by atoms with van der Waals surface area (Å²) >= 11 is 0. The first kappa shape index (κ1) is 22.4. The summed E-state index contributed by atoms with van der Waals surface area (Å²) < 4.78 is 70.9. The molecule has 166 valence electrons. The number of benzene rings is 1. The van der Waals surface area contributed by atoms with Crippen molar-refractivity contribution in [1.82, 2.24) is 19.9 Å². The van der Waals surface area contributed by atoms with Gasteiger partial charge >= 0.3 is 6.02 Å². The monoisotopic (exact) mass is 442 g/mol. The van der Waals surface area contributed by atoms with Gasteiger partial charge in [-0.2, -0.15) is 0 Å². The Morgan fingerprint density at radius 1 is 1.32 bits per heavy atom. The van der Waals surface area contributed by atoms with Crippen molar-refractivity contribution in [2.24, 2.45) is 15.9 Å². The maximum Gasteiger partial charge on any atom is 0.316 e. The zero-order chi connectivity index (χ0) is 22.5. The number of aromatic nitrogens is 3. The highest BCUT2D eigenvalue weighted by molar-refractivity contribution is 5.79. The average Bonchev–Trinajstić information content (AvgIpc) is 3.15. The van der Waals surface area contributed by atoms with Gasteiger partial charge in [0.2, 0.25) is 6.43 Å². The Hall–Kier alpha value is -3.31. The van der Waals surface area contributed by atoms with E-state index in [0.29, 0.717) is 11.4 Å². The number of hydrogen-bond acceptors (Lipinski definition) is 5. The minimum absolute atomic E-state index is 0.0680. The molecule has 12 heteroatoms. The molecule has 0 atom stereocenters. The summed E-state index contributed by atoms with van der Waals surface area (Å²) in [5, 5.41) is 7.67. The number of alkyl halides is 4. The topological polar surface area (TPSA) is 67.9 Å². The predicted octanol–water partition coefficient (Wildman–Crippen LogP) is 3.98. The van der Waals surface area contributed by atoms with Gasteiger partial charge in [0.05, 0.1) is 29.6 Å². The summed E-state index contributed by atoms with van der Waals surface area (Å²) in [6.45, 7) is 5.51. The van der Waals surface area contributed by atoms with Crippen LogP contribution in [0, 0.1) is 11.7 Å². The molecule has 1 aromatic heterocycles. The van der Waals surface area contributed by atoms with Gasteiger partial charge in [0, 0.05) is 18.8 Å². The van der Waals surface area contributed by atoms with Crippen molar-refractivity contribution >= 4 is 12.7 Å². The number of rotatable bonds is 7. The summed E-state index contributed by atoms with van der Waals surface area (Å²) in [5.41, 5.74) is 0.489. The Labute approximate surface area is 174 Å². The van der Waals surface area contributed by atoms with E-state index in [-0.39, 0.29) is 31.4 Å². The lowest BCUT2D eigenvalue weighted by molar-refractivity contribution is -0.00805. The highest BCUT2D eigenvalue weighted by atomic mass is 19.3. The van der Waals surface area contributed by atoms with Gasteiger partial charge < -0.3 is 9.64 Å². The van der Waals surface area contributed by atoms with Crippen molar-refractivity contribution in [2.75, 3.05) is 13.1 Å². The van der Waals surface area contributed by atoms with Crippen molar-refractivity contribution < 1.29 is 26.7 Å². The SMILES string of the molecule is C=N/C(=N\C=C(/C)N1CC(C(F)F)C1)OCc1cn(-c2ccc(F)c(C(F)F)c2)nn1. The molecule has 1 aromatic carbocycles. The van der Waals surface area contributed by atoms with Gasteiger partial charge in [0.15, 0.2) is 0 Å². The molecule has 1 saturated heterocycles. The second-order valence-corrected chi connectivity index (χ2v) is 6.79.